The predicted octanol–water partition coefficient (Wildman–Crippen LogP) is 4.86. The van der Waals surface area contributed by atoms with Crippen LogP contribution in [-0.2, 0) is 0 Å². The average molecular weight is 400 g/mol. The molecule has 2 aliphatic rings. The highest BCUT2D eigenvalue weighted by Gasteiger charge is 2.36. The number of fused-ring (bicyclic) bond motifs is 1. The lowest BCUT2D eigenvalue weighted by molar-refractivity contribution is 0.0582. The van der Waals surface area contributed by atoms with Crippen molar-refractivity contribution in [1.82, 2.24) is 10.3 Å². The molecule has 0 saturated heterocycles. The number of rotatable bonds is 5. The third-order valence-electron chi connectivity index (χ3n) is 6.45. The van der Waals surface area contributed by atoms with Crippen LogP contribution in [0, 0.1) is 23.4 Å². The van der Waals surface area contributed by atoms with Crippen molar-refractivity contribution in [3.63, 3.8) is 0 Å². The molecule has 3 N–H and O–H groups in total. The fourth-order valence-corrected chi connectivity index (χ4v) is 4.73. The van der Waals surface area contributed by atoms with Gasteiger partial charge in [0.2, 0.25) is 0 Å². The van der Waals surface area contributed by atoms with Gasteiger partial charge in [-0.1, -0.05) is 0 Å². The summed E-state index contributed by atoms with van der Waals surface area (Å²) < 4.78 is 41.7. The lowest BCUT2D eigenvalue weighted by Crippen LogP contribution is -2.47. The Morgan fingerprint density at radius 3 is 2.38 bits per heavy atom. The number of aromatic nitrogens is 1. The topological polar surface area (TPSA) is 48.0 Å². The lowest BCUT2D eigenvalue weighted by Gasteiger charge is -2.39. The summed E-state index contributed by atoms with van der Waals surface area (Å²) in [5.74, 6) is -0.844. The fraction of sp³-hybridized carbons (Fsp3) is 0.391. The largest absolute Gasteiger partial charge is 0.393 e. The molecular weight excluding hydrogens is 377 g/mol. The summed E-state index contributed by atoms with van der Waals surface area (Å²) in [4.78, 5) is 3.13. The SMILES string of the molecule is O[C@H]1C[C@H](NCC2CC(c3c(-c4ccc(F)cc4)[nH]c4c(F)cc(F)cc34)C2)C1. The Balaban J connectivity index is 1.43. The summed E-state index contributed by atoms with van der Waals surface area (Å²) in [6.07, 6.45) is 3.32. The molecule has 2 fully saturated rings. The van der Waals surface area contributed by atoms with E-state index in [-0.39, 0.29) is 17.8 Å². The summed E-state index contributed by atoms with van der Waals surface area (Å²) in [7, 11) is 0. The van der Waals surface area contributed by atoms with Gasteiger partial charge in [-0.2, -0.15) is 0 Å². The van der Waals surface area contributed by atoms with Crippen LogP contribution in [0.15, 0.2) is 36.4 Å². The van der Waals surface area contributed by atoms with E-state index in [1.54, 1.807) is 12.1 Å². The zero-order valence-corrected chi connectivity index (χ0v) is 15.9. The van der Waals surface area contributed by atoms with Gasteiger partial charge in [-0.3, -0.25) is 0 Å². The molecule has 3 aromatic rings. The van der Waals surface area contributed by atoms with Crippen molar-refractivity contribution in [2.45, 2.75) is 43.7 Å². The molecule has 2 saturated carbocycles. The molecule has 0 aliphatic heterocycles. The minimum Gasteiger partial charge on any atom is -0.393 e. The summed E-state index contributed by atoms with van der Waals surface area (Å²) in [5, 5.41) is 13.5. The van der Waals surface area contributed by atoms with Crippen LogP contribution in [0.5, 0.6) is 0 Å². The maximum atomic E-state index is 14.4. The second kappa shape index (κ2) is 7.18. The zero-order chi connectivity index (χ0) is 20.1. The van der Waals surface area contributed by atoms with Crippen LogP contribution in [0.3, 0.4) is 0 Å². The number of aromatic amines is 1. The van der Waals surface area contributed by atoms with Crippen molar-refractivity contribution in [3.8, 4) is 11.3 Å². The van der Waals surface area contributed by atoms with Crippen LogP contribution in [0.25, 0.3) is 22.2 Å². The summed E-state index contributed by atoms with van der Waals surface area (Å²) in [6, 6.07) is 8.75. The molecule has 2 aliphatic carbocycles. The molecule has 0 atom stereocenters. The zero-order valence-electron chi connectivity index (χ0n) is 15.9. The van der Waals surface area contributed by atoms with Crippen molar-refractivity contribution < 1.29 is 18.3 Å². The molecule has 0 spiro atoms. The molecule has 0 radical (unpaired) electrons. The summed E-state index contributed by atoms with van der Waals surface area (Å²) in [6.45, 7) is 0.894. The molecule has 1 heterocycles. The van der Waals surface area contributed by atoms with Gasteiger partial charge in [0.05, 0.1) is 17.3 Å². The fourth-order valence-electron chi connectivity index (χ4n) is 4.73. The minimum atomic E-state index is -0.615. The van der Waals surface area contributed by atoms with Crippen LogP contribution < -0.4 is 5.32 Å². The van der Waals surface area contributed by atoms with Crippen molar-refractivity contribution in [2.24, 2.45) is 5.92 Å². The van der Waals surface area contributed by atoms with Crippen molar-refractivity contribution in [2.75, 3.05) is 6.54 Å². The van der Waals surface area contributed by atoms with E-state index in [1.807, 2.05) is 0 Å². The quantitative estimate of drug-likeness (QED) is 0.573. The second-order valence-electron chi connectivity index (χ2n) is 8.50. The van der Waals surface area contributed by atoms with Crippen LogP contribution >= 0.6 is 0 Å². The molecule has 3 nitrogen and oxygen atoms in total. The van der Waals surface area contributed by atoms with Crippen LogP contribution in [0.4, 0.5) is 13.2 Å². The number of H-pyrrole nitrogens is 1. The first kappa shape index (κ1) is 18.7. The smallest absolute Gasteiger partial charge is 0.150 e. The van der Waals surface area contributed by atoms with E-state index in [4.69, 9.17) is 0 Å². The molecule has 0 amide bonds. The summed E-state index contributed by atoms with van der Waals surface area (Å²) in [5.41, 5.74) is 2.72. The third-order valence-corrected chi connectivity index (χ3v) is 6.45. The first-order chi connectivity index (χ1) is 14.0. The molecule has 0 bridgehead atoms. The molecular formula is C23H23F3N2O. The Morgan fingerprint density at radius 2 is 1.69 bits per heavy atom. The molecule has 29 heavy (non-hydrogen) atoms. The minimum absolute atomic E-state index is 0.170. The molecule has 5 rings (SSSR count). The maximum Gasteiger partial charge on any atom is 0.150 e. The Bertz CT molecular complexity index is 1030. The highest BCUT2D eigenvalue weighted by Crippen LogP contribution is 2.48. The van der Waals surface area contributed by atoms with E-state index in [0.29, 0.717) is 22.9 Å². The van der Waals surface area contributed by atoms with E-state index in [0.717, 1.165) is 55.1 Å². The van der Waals surface area contributed by atoms with E-state index in [2.05, 4.69) is 10.3 Å². The average Bonchev–Trinajstić information content (AvgIpc) is 2.99. The van der Waals surface area contributed by atoms with Gasteiger partial charge < -0.3 is 15.4 Å². The standard InChI is InChI=1S/C23H23F3N2O/c24-15-3-1-13(2-4-15)22-21(19-7-16(25)8-20(26)23(19)28-22)14-5-12(6-14)11-27-17-9-18(29)10-17/h1-4,7-8,12,14,17-18,27-29H,5-6,9-11H2/t12?,14?,17-,18-. The van der Waals surface area contributed by atoms with Crippen LogP contribution in [-0.4, -0.2) is 28.8 Å². The Morgan fingerprint density at radius 1 is 0.966 bits per heavy atom. The Kier molecular flexibility index (Phi) is 4.63. The van der Waals surface area contributed by atoms with E-state index in [1.165, 1.54) is 18.2 Å². The lowest BCUT2D eigenvalue weighted by atomic mass is 9.70. The van der Waals surface area contributed by atoms with Gasteiger partial charge in [-0.15, -0.1) is 0 Å². The molecule has 1 aromatic heterocycles. The first-order valence-electron chi connectivity index (χ1n) is 10.2. The van der Waals surface area contributed by atoms with Gasteiger partial charge in [0.1, 0.15) is 17.5 Å². The molecule has 2 aromatic carbocycles. The Labute approximate surface area is 166 Å². The predicted molar refractivity (Wildman–Crippen MR) is 106 cm³/mol. The van der Waals surface area contributed by atoms with Gasteiger partial charge in [0, 0.05) is 17.5 Å². The maximum absolute atomic E-state index is 14.4. The van der Waals surface area contributed by atoms with Crippen molar-refractivity contribution in [3.05, 3.63) is 59.4 Å². The van der Waals surface area contributed by atoms with Crippen LogP contribution in [0.1, 0.15) is 37.2 Å². The highest BCUT2D eigenvalue weighted by atomic mass is 19.1. The second-order valence-corrected chi connectivity index (χ2v) is 8.50. The third kappa shape index (κ3) is 3.45. The summed E-state index contributed by atoms with van der Waals surface area (Å²) >= 11 is 0. The van der Waals surface area contributed by atoms with E-state index < -0.39 is 11.6 Å². The number of aliphatic hydroxyl groups is 1. The normalized spacial score (nSPS) is 26.3. The number of nitrogens with one attached hydrogen (secondary N) is 2. The van der Waals surface area contributed by atoms with Gasteiger partial charge in [0.15, 0.2) is 0 Å². The first-order valence-corrected chi connectivity index (χ1v) is 10.2. The number of benzene rings is 2. The van der Waals surface area contributed by atoms with E-state index in [9.17, 15) is 18.3 Å². The van der Waals surface area contributed by atoms with Crippen molar-refractivity contribution >= 4 is 10.9 Å². The molecule has 152 valence electrons. The van der Waals surface area contributed by atoms with Gasteiger partial charge in [-0.05, 0) is 85.5 Å². The Hall–Kier alpha value is -2.31. The van der Waals surface area contributed by atoms with Gasteiger partial charge in [-0.25, -0.2) is 13.2 Å². The van der Waals surface area contributed by atoms with Gasteiger partial charge in [0.25, 0.3) is 0 Å². The number of halogens is 3. The number of aliphatic hydroxyl groups excluding tert-OH is 1. The molecule has 6 heteroatoms. The van der Waals surface area contributed by atoms with Crippen LogP contribution in [0.2, 0.25) is 0 Å². The molecule has 0 unspecified atom stereocenters. The highest BCUT2D eigenvalue weighted by molar-refractivity contribution is 5.92. The van der Waals surface area contributed by atoms with E-state index >= 15 is 0 Å². The number of hydrogen-bond donors (Lipinski definition) is 3. The monoisotopic (exact) mass is 400 g/mol. The van der Waals surface area contributed by atoms with Gasteiger partial charge >= 0.3 is 0 Å². The number of hydrogen-bond acceptors (Lipinski definition) is 2. The van der Waals surface area contributed by atoms with Crippen molar-refractivity contribution in [1.29, 1.82) is 0 Å².